The number of para-hydroxylation sites is 1. The van der Waals surface area contributed by atoms with Gasteiger partial charge in [-0.05, 0) is 63.2 Å². The molecular weight excluding hydrogens is 436 g/mol. The topological polar surface area (TPSA) is 108 Å². The van der Waals surface area contributed by atoms with E-state index in [2.05, 4.69) is 14.8 Å². The van der Waals surface area contributed by atoms with Gasteiger partial charge in [0.2, 0.25) is 0 Å². The minimum Gasteiger partial charge on any atom is -0.479 e. The van der Waals surface area contributed by atoms with Gasteiger partial charge in [-0.2, -0.15) is 5.10 Å². The largest absolute Gasteiger partial charge is 0.479 e. The second kappa shape index (κ2) is 9.22. The molecule has 1 atom stereocenters. The molecule has 0 spiro atoms. The summed E-state index contributed by atoms with van der Waals surface area (Å²) in [6.07, 6.45) is 0.787. The van der Waals surface area contributed by atoms with Crippen molar-refractivity contribution in [1.29, 1.82) is 0 Å². The molecule has 9 nitrogen and oxygen atoms in total. The smallest absolute Gasteiger partial charge is 0.349 e. The Hall–Kier alpha value is -4.40. The summed E-state index contributed by atoms with van der Waals surface area (Å²) < 4.78 is 13.1. The lowest BCUT2D eigenvalue weighted by Gasteiger charge is -2.14. The Kier molecular flexibility index (Phi) is 6.18. The quantitative estimate of drug-likeness (QED) is 0.352. The number of hydrogen-bond donors (Lipinski definition) is 1. The van der Waals surface area contributed by atoms with E-state index in [4.69, 9.17) is 4.74 Å². The van der Waals surface area contributed by atoms with E-state index in [1.54, 1.807) is 43.3 Å². The summed E-state index contributed by atoms with van der Waals surface area (Å²) in [5.74, 6) is 0.0928. The number of carbonyl (C=O) groups excluding carboxylic acids is 1. The normalized spacial score (nSPS) is 12.2. The molecule has 2 aromatic heterocycles. The Morgan fingerprint density at radius 1 is 1.09 bits per heavy atom. The molecule has 0 bridgehead atoms. The number of aromatic nitrogens is 3. The Morgan fingerprint density at radius 3 is 2.50 bits per heavy atom. The van der Waals surface area contributed by atoms with Crippen LogP contribution in [0.25, 0.3) is 16.6 Å². The van der Waals surface area contributed by atoms with Crippen molar-refractivity contribution in [3.05, 3.63) is 92.4 Å². The average molecular weight is 460 g/mol. The van der Waals surface area contributed by atoms with Crippen LogP contribution in [0.3, 0.4) is 0 Å². The number of benzene rings is 2. The van der Waals surface area contributed by atoms with Gasteiger partial charge < -0.3 is 19.0 Å². The third-order valence-electron chi connectivity index (χ3n) is 5.51. The van der Waals surface area contributed by atoms with Crippen molar-refractivity contribution >= 4 is 23.1 Å². The molecule has 0 saturated heterocycles. The van der Waals surface area contributed by atoms with Gasteiger partial charge in [0.15, 0.2) is 6.10 Å². The number of methoxy groups -OCH3 is 1. The van der Waals surface area contributed by atoms with Crippen LogP contribution in [-0.2, 0) is 9.53 Å². The predicted molar refractivity (Wildman–Crippen MR) is 129 cm³/mol. The van der Waals surface area contributed by atoms with Gasteiger partial charge in [-0.1, -0.05) is 12.1 Å². The van der Waals surface area contributed by atoms with E-state index < -0.39 is 23.3 Å². The molecule has 2 heterocycles. The number of rotatable bonds is 6. The van der Waals surface area contributed by atoms with Crippen molar-refractivity contribution in [2.45, 2.75) is 26.9 Å². The molecule has 0 unspecified atom stereocenters. The van der Waals surface area contributed by atoms with Crippen molar-refractivity contribution in [1.82, 2.24) is 14.2 Å². The number of nitrogens with one attached hydrogen (secondary N) is 1. The SMILES string of the molecule is COC(=O)[C@@H](C)Oc1ccc(-n2c(C)cc(C=Nn3c(=O)[nH]c4ccccc4c3=O)c2C)cc1. The highest BCUT2D eigenvalue weighted by molar-refractivity contribution is 5.82. The van der Waals surface area contributed by atoms with E-state index in [-0.39, 0.29) is 0 Å². The summed E-state index contributed by atoms with van der Waals surface area (Å²) in [4.78, 5) is 39.3. The number of esters is 1. The predicted octanol–water partition coefficient (Wildman–Crippen LogP) is 2.92. The summed E-state index contributed by atoms with van der Waals surface area (Å²) in [5, 5.41) is 4.55. The molecule has 0 aliphatic carbocycles. The minimum atomic E-state index is -0.713. The van der Waals surface area contributed by atoms with E-state index >= 15 is 0 Å². The van der Waals surface area contributed by atoms with Crippen molar-refractivity contribution < 1.29 is 14.3 Å². The van der Waals surface area contributed by atoms with Gasteiger partial charge in [-0.15, -0.1) is 4.68 Å². The zero-order chi connectivity index (χ0) is 24.4. The van der Waals surface area contributed by atoms with Gasteiger partial charge in [-0.3, -0.25) is 4.79 Å². The van der Waals surface area contributed by atoms with Crippen molar-refractivity contribution in [2.75, 3.05) is 7.11 Å². The molecule has 4 rings (SSSR count). The number of aromatic amines is 1. The molecule has 0 radical (unpaired) electrons. The van der Waals surface area contributed by atoms with E-state index in [1.807, 2.05) is 36.6 Å². The lowest BCUT2D eigenvalue weighted by Crippen LogP contribution is -2.32. The molecule has 0 saturated carbocycles. The number of nitrogens with zero attached hydrogens (tertiary/aromatic N) is 3. The number of ether oxygens (including phenoxy) is 2. The van der Waals surface area contributed by atoms with Crippen LogP contribution in [0.5, 0.6) is 5.75 Å². The van der Waals surface area contributed by atoms with Crippen molar-refractivity contribution in [2.24, 2.45) is 5.10 Å². The Balaban J connectivity index is 1.63. The molecule has 0 amide bonds. The highest BCUT2D eigenvalue weighted by atomic mass is 16.6. The van der Waals surface area contributed by atoms with Crippen molar-refractivity contribution in [3.8, 4) is 11.4 Å². The first-order valence-electron chi connectivity index (χ1n) is 10.6. The Bertz CT molecular complexity index is 1510. The third-order valence-corrected chi connectivity index (χ3v) is 5.51. The maximum Gasteiger partial charge on any atom is 0.349 e. The van der Waals surface area contributed by atoms with E-state index in [0.717, 1.165) is 27.3 Å². The first kappa shape index (κ1) is 22.8. The number of carbonyl (C=O) groups is 1. The minimum absolute atomic E-state index is 0.383. The standard InChI is InChI=1S/C25H24N4O5/c1-15-13-18(14-26-29-23(30)21-7-5-6-8-22(21)27-25(29)32)16(2)28(15)19-9-11-20(12-10-19)34-17(3)24(31)33-4/h5-14,17H,1-4H3,(H,27,32)/t17-/m1/s1. The van der Waals surface area contributed by atoms with Crippen LogP contribution < -0.4 is 16.0 Å². The molecular formula is C25H24N4O5. The van der Waals surface area contributed by atoms with E-state index in [0.29, 0.717) is 16.7 Å². The molecule has 0 aliphatic rings. The average Bonchev–Trinajstić information content (AvgIpc) is 3.11. The van der Waals surface area contributed by atoms with Gasteiger partial charge in [0.25, 0.3) is 5.56 Å². The van der Waals surface area contributed by atoms with Gasteiger partial charge in [0.05, 0.1) is 24.2 Å². The van der Waals surface area contributed by atoms with Crippen LogP contribution in [0.4, 0.5) is 0 Å². The van der Waals surface area contributed by atoms with Crippen molar-refractivity contribution in [3.63, 3.8) is 0 Å². The summed E-state index contributed by atoms with van der Waals surface area (Å²) >= 11 is 0. The lowest BCUT2D eigenvalue weighted by molar-refractivity contribution is -0.147. The fourth-order valence-electron chi connectivity index (χ4n) is 3.79. The maximum atomic E-state index is 12.7. The van der Waals surface area contributed by atoms with Gasteiger partial charge in [0, 0.05) is 22.6 Å². The molecule has 2 aromatic carbocycles. The third kappa shape index (κ3) is 4.27. The summed E-state index contributed by atoms with van der Waals surface area (Å²) in [7, 11) is 1.32. The fraction of sp³-hybridized carbons (Fsp3) is 0.200. The van der Waals surface area contributed by atoms with Gasteiger partial charge in [0.1, 0.15) is 5.75 Å². The van der Waals surface area contributed by atoms with Gasteiger partial charge in [-0.25, -0.2) is 9.59 Å². The number of fused-ring (bicyclic) bond motifs is 1. The zero-order valence-electron chi connectivity index (χ0n) is 19.2. The van der Waals surface area contributed by atoms with Crippen LogP contribution in [0.1, 0.15) is 23.9 Å². The monoisotopic (exact) mass is 460 g/mol. The molecule has 0 fully saturated rings. The first-order valence-corrected chi connectivity index (χ1v) is 10.6. The second-order valence-electron chi connectivity index (χ2n) is 7.78. The van der Waals surface area contributed by atoms with Crippen LogP contribution in [0, 0.1) is 13.8 Å². The Labute approximate surface area is 194 Å². The summed E-state index contributed by atoms with van der Waals surface area (Å²) in [6, 6.07) is 16.0. The lowest BCUT2D eigenvalue weighted by atomic mass is 10.2. The Morgan fingerprint density at radius 2 is 1.79 bits per heavy atom. The van der Waals surface area contributed by atoms with Crippen LogP contribution in [0.2, 0.25) is 0 Å². The number of hydrogen-bond acceptors (Lipinski definition) is 6. The molecule has 9 heteroatoms. The summed E-state index contributed by atoms with van der Waals surface area (Å²) in [5.41, 5.74) is 2.84. The molecule has 34 heavy (non-hydrogen) atoms. The number of H-pyrrole nitrogens is 1. The first-order chi connectivity index (χ1) is 16.3. The van der Waals surface area contributed by atoms with Gasteiger partial charge >= 0.3 is 11.7 Å². The summed E-state index contributed by atoms with van der Waals surface area (Å²) in [6.45, 7) is 5.49. The highest BCUT2D eigenvalue weighted by Gasteiger charge is 2.15. The molecule has 1 N–H and O–H groups in total. The van der Waals surface area contributed by atoms with E-state index in [1.165, 1.54) is 13.3 Å². The fourth-order valence-corrected chi connectivity index (χ4v) is 3.79. The second-order valence-corrected chi connectivity index (χ2v) is 7.78. The maximum absolute atomic E-state index is 12.7. The highest BCUT2D eigenvalue weighted by Crippen LogP contribution is 2.22. The zero-order valence-corrected chi connectivity index (χ0v) is 19.2. The number of aryl methyl sites for hydroxylation is 1. The molecule has 4 aromatic rings. The van der Waals surface area contributed by atoms with Crippen LogP contribution in [-0.4, -0.2) is 39.6 Å². The van der Waals surface area contributed by atoms with Crippen LogP contribution in [0.15, 0.2) is 69.3 Å². The molecule has 174 valence electrons. The molecule has 0 aliphatic heterocycles. The van der Waals surface area contributed by atoms with Crippen LogP contribution >= 0.6 is 0 Å². The van der Waals surface area contributed by atoms with E-state index in [9.17, 15) is 14.4 Å².